The van der Waals surface area contributed by atoms with E-state index in [1.165, 1.54) is 0 Å². The molecule has 0 radical (unpaired) electrons. The molecule has 0 aliphatic carbocycles. The summed E-state index contributed by atoms with van der Waals surface area (Å²) in [4.78, 5) is 24.0. The van der Waals surface area contributed by atoms with Crippen molar-refractivity contribution >= 4 is 23.0 Å². The summed E-state index contributed by atoms with van der Waals surface area (Å²) in [5.41, 5.74) is 0.184. The maximum absolute atomic E-state index is 11.4. The summed E-state index contributed by atoms with van der Waals surface area (Å²) in [7, 11) is 0. The van der Waals surface area contributed by atoms with Crippen molar-refractivity contribution in [3.05, 3.63) is 24.5 Å². The first-order chi connectivity index (χ1) is 9.11. The minimum atomic E-state index is -0.997. The molecule has 0 fully saturated rings. The van der Waals surface area contributed by atoms with E-state index in [4.69, 9.17) is 0 Å². The number of aromatic nitrogens is 3. The van der Waals surface area contributed by atoms with Crippen LogP contribution in [0.3, 0.4) is 0 Å². The van der Waals surface area contributed by atoms with Crippen LogP contribution in [0.2, 0.25) is 0 Å². The molecule has 0 unspecified atom stereocenters. The molecular weight excluding hydrogens is 244 g/mol. The molecule has 0 aliphatic heterocycles. The highest BCUT2D eigenvalue weighted by Crippen LogP contribution is 2.22. The van der Waals surface area contributed by atoms with Crippen LogP contribution < -0.4 is 5.32 Å². The Balaban J connectivity index is 2.36. The maximum Gasteiger partial charge on any atom is 0.329 e. The van der Waals surface area contributed by atoms with Crippen LogP contribution >= 0.6 is 0 Å². The topological polar surface area (TPSA) is 88.0 Å². The van der Waals surface area contributed by atoms with Crippen molar-refractivity contribution < 1.29 is 9.90 Å². The molecule has 0 saturated carbocycles. The molecule has 2 aromatic rings. The Labute approximate surface area is 110 Å². The number of nitrogens with one attached hydrogen (secondary N) is 1. The third kappa shape index (κ3) is 2.47. The van der Waals surface area contributed by atoms with E-state index < -0.39 is 11.5 Å². The van der Waals surface area contributed by atoms with E-state index in [0.717, 1.165) is 0 Å². The van der Waals surface area contributed by atoms with Gasteiger partial charge in [-0.3, -0.25) is 4.98 Å². The number of fused-ring (bicyclic) bond motifs is 1. The normalized spacial score (nSPS) is 11.5. The third-order valence-corrected chi connectivity index (χ3v) is 3.32. The van der Waals surface area contributed by atoms with Gasteiger partial charge in [-0.2, -0.15) is 0 Å². The number of carboxylic acid groups (broad SMARTS) is 1. The lowest BCUT2D eigenvalue weighted by Gasteiger charge is -2.28. The highest BCUT2D eigenvalue weighted by atomic mass is 16.4. The van der Waals surface area contributed by atoms with Gasteiger partial charge >= 0.3 is 5.97 Å². The molecule has 6 heteroatoms. The van der Waals surface area contributed by atoms with Crippen LogP contribution in [-0.4, -0.2) is 31.6 Å². The number of carbonyl (C=O) groups is 1. The van der Waals surface area contributed by atoms with E-state index in [0.29, 0.717) is 29.8 Å². The number of carboxylic acids is 1. The summed E-state index contributed by atoms with van der Waals surface area (Å²) in [6.45, 7) is 3.68. The maximum atomic E-state index is 11.4. The molecule has 19 heavy (non-hydrogen) atoms. The highest BCUT2D eigenvalue weighted by molar-refractivity contribution is 5.83. The molecule has 0 spiro atoms. The molecule has 6 nitrogen and oxygen atoms in total. The SMILES string of the molecule is CCC(CC)(Nc1ccc2nccnc2n1)C(=O)O. The van der Waals surface area contributed by atoms with Gasteiger partial charge in [0, 0.05) is 12.4 Å². The monoisotopic (exact) mass is 260 g/mol. The number of aliphatic carboxylic acids is 1. The first-order valence-electron chi connectivity index (χ1n) is 6.20. The van der Waals surface area contributed by atoms with Crippen molar-refractivity contribution in [2.75, 3.05) is 5.32 Å². The van der Waals surface area contributed by atoms with Crippen molar-refractivity contribution in [2.24, 2.45) is 0 Å². The predicted molar refractivity (Wildman–Crippen MR) is 71.9 cm³/mol. The van der Waals surface area contributed by atoms with E-state index >= 15 is 0 Å². The lowest BCUT2D eigenvalue weighted by molar-refractivity contribution is -0.142. The molecule has 0 saturated heterocycles. The number of anilines is 1. The minimum Gasteiger partial charge on any atom is -0.480 e. The predicted octanol–water partition coefficient (Wildman–Crippen LogP) is 2.08. The molecular formula is C13H16N4O2. The van der Waals surface area contributed by atoms with E-state index in [1.807, 2.05) is 13.8 Å². The van der Waals surface area contributed by atoms with Gasteiger partial charge in [0.05, 0.1) is 0 Å². The second-order valence-corrected chi connectivity index (χ2v) is 4.31. The number of hydrogen-bond acceptors (Lipinski definition) is 5. The molecule has 2 heterocycles. The van der Waals surface area contributed by atoms with E-state index in [9.17, 15) is 9.90 Å². The molecule has 100 valence electrons. The number of hydrogen-bond donors (Lipinski definition) is 2. The van der Waals surface area contributed by atoms with E-state index in [1.54, 1.807) is 24.5 Å². The van der Waals surface area contributed by atoms with Crippen LogP contribution in [0, 0.1) is 0 Å². The van der Waals surface area contributed by atoms with Gasteiger partial charge in [0.1, 0.15) is 16.9 Å². The van der Waals surface area contributed by atoms with Gasteiger partial charge in [-0.05, 0) is 25.0 Å². The second-order valence-electron chi connectivity index (χ2n) is 4.31. The van der Waals surface area contributed by atoms with Crippen LogP contribution in [-0.2, 0) is 4.79 Å². The zero-order valence-corrected chi connectivity index (χ0v) is 10.9. The molecule has 0 aliphatic rings. The van der Waals surface area contributed by atoms with Gasteiger partial charge in [-0.15, -0.1) is 0 Å². The Morgan fingerprint density at radius 3 is 2.58 bits per heavy atom. The molecule has 0 aromatic carbocycles. The first-order valence-corrected chi connectivity index (χ1v) is 6.20. The van der Waals surface area contributed by atoms with Gasteiger partial charge < -0.3 is 10.4 Å². The van der Waals surface area contributed by atoms with Crippen LogP contribution in [0.5, 0.6) is 0 Å². The smallest absolute Gasteiger partial charge is 0.329 e. The molecule has 2 rings (SSSR count). The average molecular weight is 260 g/mol. The quantitative estimate of drug-likeness (QED) is 0.855. The van der Waals surface area contributed by atoms with Gasteiger partial charge in [0.25, 0.3) is 0 Å². The first kappa shape index (κ1) is 13.2. The molecule has 2 aromatic heterocycles. The molecule has 0 atom stereocenters. The summed E-state index contributed by atoms with van der Waals surface area (Å²) >= 11 is 0. The second kappa shape index (κ2) is 5.17. The fraction of sp³-hybridized carbons (Fsp3) is 0.385. The van der Waals surface area contributed by atoms with Crippen molar-refractivity contribution in [3.63, 3.8) is 0 Å². The van der Waals surface area contributed by atoms with Gasteiger partial charge in [-0.1, -0.05) is 13.8 Å². The Bertz CT molecular complexity index is 596. The van der Waals surface area contributed by atoms with Crippen LogP contribution in [0.1, 0.15) is 26.7 Å². The number of pyridine rings is 1. The number of nitrogens with zero attached hydrogens (tertiary/aromatic N) is 3. The average Bonchev–Trinajstić information content (AvgIpc) is 2.44. The summed E-state index contributed by atoms with van der Waals surface area (Å²) in [5, 5.41) is 12.4. The Kier molecular flexibility index (Phi) is 3.59. The highest BCUT2D eigenvalue weighted by Gasteiger charge is 2.35. The third-order valence-electron chi connectivity index (χ3n) is 3.32. The largest absolute Gasteiger partial charge is 0.480 e. The van der Waals surface area contributed by atoms with Gasteiger partial charge in [-0.25, -0.2) is 14.8 Å². The standard InChI is InChI=1S/C13H16N4O2/c1-3-13(4-2,12(18)19)17-10-6-5-9-11(16-10)15-8-7-14-9/h5-8H,3-4H2,1-2H3,(H,18,19)(H,15,16,17). The van der Waals surface area contributed by atoms with Crippen molar-refractivity contribution in [3.8, 4) is 0 Å². The van der Waals surface area contributed by atoms with Crippen molar-refractivity contribution in [2.45, 2.75) is 32.2 Å². The van der Waals surface area contributed by atoms with Gasteiger partial charge in [0.15, 0.2) is 5.65 Å². The Morgan fingerprint density at radius 1 is 1.26 bits per heavy atom. The van der Waals surface area contributed by atoms with Crippen molar-refractivity contribution in [1.29, 1.82) is 0 Å². The zero-order valence-electron chi connectivity index (χ0n) is 10.9. The molecule has 0 amide bonds. The Morgan fingerprint density at radius 2 is 1.95 bits per heavy atom. The summed E-state index contributed by atoms with van der Waals surface area (Å²) < 4.78 is 0. The molecule has 0 bridgehead atoms. The lowest BCUT2D eigenvalue weighted by atomic mass is 9.93. The van der Waals surface area contributed by atoms with E-state index in [2.05, 4.69) is 20.3 Å². The molecule has 2 N–H and O–H groups in total. The van der Waals surface area contributed by atoms with Crippen LogP contribution in [0.4, 0.5) is 5.82 Å². The van der Waals surface area contributed by atoms with Crippen LogP contribution in [0.25, 0.3) is 11.2 Å². The van der Waals surface area contributed by atoms with Crippen molar-refractivity contribution in [1.82, 2.24) is 15.0 Å². The fourth-order valence-corrected chi connectivity index (χ4v) is 1.95. The fourth-order valence-electron chi connectivity index (χ4n) is 1.95. The summed E-state index contributed by atoms with van der Waals surface area (Å²) in [6.07, 6.45) is 4.10. The van der Waals surface area contributed by atoms with Crippen LogP contribution in [0.15, 0.2) is 24.5 Å². The van der Waals surface area contributed by atoms with Gasteiger partial charge in [0.2, 0.25) is 0 Å². The lowest BCUT2D eigenvalue weighted by Crippen LogP contribution is -2.45. The zero-order chi connectivity index (χ0) is 13.9. The minimum absolute atomic E-state index is 0.471. The number of rotatable bonds is 5. The Hall–Kier alpha value is -2.24. The summed E-state index contributed by atoms with van der Waals surface area (Å²) in [5.74, 6) is -0.377. The summed E-state index contributed by atoms with van der Waals surface area (Å²) in [6, 6.07) is 3.50. The van der Waals surface area contributed by atoms with E-state index in [-0.39, 0.29) is 0 Å².